The minimum absolute atomic E-state index is 0.0700. The zero-order chi connectivity index (χ0) is 23.2. The molecule has 33 heavy (non-hydrogen) atoms. The summed E-state index contributed by atoms with van der Waals surface area (Å²) in [6.07, 6.45) is 1.96. The van der Waals surface area contributed by atoms with Crippen LogP contribution in [0.2, 0.25) is 0 Å². The quantitative estimate of drug-likeness (QED) is 0.462. The predicted octanol–water partition coefficient (Wildman–Crippen LogP) is 2.38. The first-order valence-corrected chi connectivity index (χ1v) is 10.6. The highest BCUT2D eigenvalue weighted by Crippen LogP contribution is 2.44. The van der Waals surface area contributed by atoms with Gasteiger partial charge in [0.1, 0.15) is 12.6 Å². The molecule has 9 nitrogen and oxygen atoms in total. The van der Waals surface area contributed by atoms with Crippen molar-refractivity contribution in [3.05, 3.63) is 78.1 Å². The zero-order valence-corrected chi connectivity index (χ0v) is 17.8. The third-order valence-electron chi connectivity index (χ3n) is 5.53. The van der Waals surface area contributed by atoms with Crippen LogP contribution in [0, 0.1) is 0 Å². The lowest BCUT2D eigenvalue weighted by Crippen LogP contribution is -2.48. The van der Waals surface area contributed by atoms with Gasteiger partial charge in [-0.15, -0.1) is 0 Å². The molecular weight excluding hydrogens is 424 g/mol. The number of nitrogens with zero attached hydrogens (tertiary/aromatic N) is 2. The number of amides is 2. The number of hydrogen-bond donors (Lipinski definition) is 3. The Kier molecular flexibility index (Phi) is 6.68. The van der Waals surface area contributed by atoms with Gasteiger partial charge in [-0.05, 0) is 28.3 Å². The van der Waals surface area contributed by atoms with E-state index in [9.17, 15) is 14.4 Å². The molecule has 0 fully saturated rings. The van der Waals surface area contributed by atoms with Crippen molar-refractivity contribution in [2.45, 2.75) is 24.9 Å². The molecule has 0 bridgehead atoms. The van der Waals surface area contributed by atoms with E-state index in [2.05, 4.69) is 15.7 Å². The molecule has 1 heterocycles. The average Bonchev–Trinajstić information content (AvgIpc) is 3.43. The molecule has 1 aliphatic rings. The third kappa shape index (κ3) is 5.20. The summed E-state index contributed by atoms with van der Waals surface area (Å²) in [4.78, 5) is 36.1. The van der Waals surface area contributed by atoms with Gasteiger partial charge in [0, 0.05) is 24.9 Å². The highest BCUT2D eigenvalue weighted by molar-refractivity contribution is 5.89. The predicted molar refractivity (Wildman–Crippen MR) is 119 cm³/mol. The molecule has 0 aliphatic heterocycles. The normalized spacial score (nSPS) is 13.0. The summed E-state index contributed by atoms with van der Waals surface area (Å²) in [5.41, 5.74) is 4.32. The molecule has 0 saturated carbocycles. The summed E-state index contributed by atoms with van der Waals surface area (Å²) in [7, 11) is 0. The number of carboxylic acid groups (broad SMARTS) is 1. The summed E-state index contributed by atoms with van der Waals surface area (Å²) in [5, 5.41) is 18.2. The SMILES string of the molecule is O=C(O)CC(NC(=O)OCC1c2ccccc2-c2ccccc21)C(=O)NCCn1cccn1. The number of fused-ring (bicyclic) bond motifs is 3. The summed E-state index contributed by atoms with van der Waals surface area (Å²) >= 11 is 0. The monoisotopic (exact) mass is 448 g/mol. The second kappa shape index (κ2) is 9.99. The van der Waals surface area contributed by atoms with Crippen LogP contribution >= 0.6 is 0 Å². The van der Waals surface area contributed by atoms with Gasteiger partial charge in [0.05, 0.1) is 13.0 Å². The number of carboxylic acids is 1. The van der Waals surface area contributed by atoms with Crippen molar-refractivity contribution in [1.82, 2.24) is 20.4 Å². The van der Waals surface area contributed by atoms with Crippen molar-refractivity contribution in [1.29, 1.82) is 0 Å². The fraction of sp³-hybridized carbons (Fsp3) is 0.250. The van der Waals surface area contributed by atoms with E-state index < -0.39 is 30.4 Å². The lowest BCUT2D eigenvalue weighted by Gasteiger charge is -2.18. The Labute approximate surface area is 190 Å². The summed E-state index contributed by atoms with van der Waals surface area (Å²) in [6, 6.07) is 16.4. The highest BCUT2D eigenvalue weighted by atomic mass is 16.5. The maximum Gasteiger partial charge on any atom is 0.407 e. The maximum atomic E-state index is 12.5. The largest absolute Gasteiger partial charge is 0.481 e. The zero-order valence-electron chi connectivity index (χ0n) is 17.8. The van der Waals surface area contributed by atoms with E-state index >= 15 is 0 Å². The average molecular weight is 448 g/mol. The second-order valence-corrected chi connectivity index (χ2v) is 7.68. The minimum atomic E-state index is -1.25. The van der Waals surface area contributed by atoms with Crippen LogP contribution in [0.25, 0.3) is 11.1 Å². The van der Waals surface area contributed by atoms with Gasteiger partial charge >= 0.3 is 12.1 Å². The molecule has 0 saturated heterocycles. The molecule has 1 aromatic heterocycles. The Morgan fingerprint density at radius 1 is 1.03 bits per heavy atom. The smallest absolute Gasteiger partial charge is 0.407 e. The van der Waals surface area contributed by atoms with Crippen molar-refractivity contribution >= 4 is 18.0 Å². The fourth-order valence-electron chi connectivity index (χ4n) is 4.02. The number of aromatic nitrogens is 2. The Balaban J connectivity index is 1.35. The van der Waals surface area contributed by atoms with E-state index in [4.69, 9.17) is 9.84 Å². The van der Waals surface area contributed by atoms with E-state index in [1.54, 1.807) is 23.1 Å². The van der Waals surface area contributed by atoms with Crippen LogP contribution < -0.4 is 10.6 Å². The fourth-order valence-corrected chi connectivity index (χ4v) is 4.02. The molecule has 2 aromatic carbocycles. The standard InChI is InChI=1S/C24H24N4O5/c29-22(30)14-21(23(31)25-11-13-28-12-5-10-26-28)27-24(32)33-15-20-18-8-3-1-6-16(18)17-7-2-4-9-19(17)20/h1-10,12,20-21H,11,13-15H2,(H,25,31)(H,27,32)(H,29,30). The Hall–Kier alpha value is -4.14. The molecule has 0 radical (unpaired) electrons. The first-order valence-electron chi connectivity index (χ1n) is 10.6. The van der Waals surface area contributed by atoms with Crippen LogP contribution in [0.4, 0.5) is 4.79 Å². The number of alkyl carbamates (subject to hydrolysis) is 1. The van der Waals surface area contributed by atoms with Crippen molar-refractivity contribution in [2.75, 3.05) is 13.2 Å². The van der Waals surface area contributed by atoms with Crippen molar-refractivity contribution < 1.29 is 24.2 Å². The van der Waals surface area contributed by atoms with Crippen molar-refractivity contribution in [3.8, 4) is 11.1 Å². The first kappa shape index (κ1) is 22.1. The molecular formula is C24H24N4O5. The van der Waals surface area contributed by atoms with Crippen LogP contribution in [-0.2, 0) is 20.9 Å². The van der Waals surface area contributed by atoms with E-state index in [1.807, 2.05) is 48.5 Å². The van der Waals surface area contributed by atoms with E-state index in [0.717, 1.165) is 22.3 Å². The lowest BCUT2D eigenvalue weighted by atomic mass is 9.98. The van der Waals surface area contributed by atoms with Crippen LogP contribution in [0.15, 0.2) is 67.0 Å². The molecule has 4 rings (SSSR count). The summed E-state index contributed by atoms with van der Waals surface area (Å²) in [5.74, 6) is -1.94. The topological polar surface area (TPSA) is 123 Å². The van der Waals surface area contributed by atoms with Crippen LogP contribution in [-0.4, -0.2) is 52.1 Å². The summed E-state index contributed by atoms with van der Waals surface area (Å²) < 4.78 is 7.06. The molecule has 9 heteroatoms. The number of ether oxygens (including phenoxy) is 1. The third-order valence-corrected chi connectivity index (χ3v) is 5.53. The number of aliphatic carboxylic acids is 1. The van der Waals surface area contributed by atoms with Gasteiger partial charge in [-0.1, -0.05) is 48.5 Å². The number of carbonyl (C=O) groups is 3. The number of benzene rings is 2. The van der Waals surface area contributed by atoms with E-state index in [-0.39, 0.29) is 19.1 Å². The van der Waals surface area contributed by atoms with Crippen LogP contribution in [0.3, 0.4) is 0 Å². The van der Waals surface area contributed by atoms with Gasteiger partial charge in [0.15, 0.2) is 0 Å². The van der Waals surface area contributed by atoms with Gasteiger partial charge in [-0.25, -0.2) is 4.79 Å². The second-order valence-electron chi connectivity index (χ2n) is 7.68. The lowest BCUT2D eigenvalue weighted by molar-refractivity contribution is -0.139. The van der Waals surface area contributed by atoms with Crippen molar-refractivity contribution in [2.24, 2.45) is 0 Å². The maximum absolute atomic E-state index is 12.5. The Morgan fingerprint density at radius 3 is 2.30 bits per heavy atom. The van der Waals surface area contributed by atoms with Gasteiger partial charge < -0.3 is 20.5 Å². The number of rotatable bonds is 9. The number of nitrogens with one attached hydrogen (secondary N) is 2. The number of carbonyl (C=O) groups excluding carboxylic acids is 2. The molecule has 0 spiro atoms. The van der Waals surface area contributed by atoms with Gasteiger partial charge in [0.2, 0.25) is 5.91 Å². The van der Waals surface area contributed by atoms with Crippen molar-refractivity contribution in [3.63, 3.8) is 0 Å². The molecule has 1 atom stereocenters. The molecule has 1 unspecified atom stereocenters. The minimum Gasteiger partial charge on any atom is -0.481 e. The van der Waals surface area contributed by atoms with Crippen LogP contribution in [0.5, 0.6) is 0 Å². The molecule has 2 amide bonds. The van der Waals surface area contributed by atoms with Gasteiger partial charge in [-0.2, -0.15) is 5.10 Å². The highest BCUT2D eigenvalue weighted by Gasteiger charge is 2.30. The molecule has 1 aliphatic carbocycles. The Morgan fingerprint density at radius 2 is 1.70 bits per heavy atom. The molecule has 3 N–H and O–H groups in total. The number of hydrogen-bond acceptors (Lipinski definition) is 5. The van der Waals surface area contributed by atoms with Gasteiger partial charge in [-0.3, -0.25) is 14.3 Å². The van der Waals surface area contributed by atoms with E-state index in [1.165, 1.54) is 0 Å². The van der Waals surface area contributed by atoms with Gasteiger partial charge in [0.25, 0.3) is 0 Å². The van der Waals surface area contributed by atoms with E-state index in [0.29, 0.717) is 6.54 Å². The molecule has 170 valence electrons. The molecule has 3 aromatic rings. The first-order chi connectivity index (χ1) is 16.0. The summed E-state index contributed by atoms with van der Waals surface area (Å²) in [6.45, 7) is 0.729. The Bertz CT molecular complexity index is 1100. The van der Waals surface area contributed by atoms with Crippen LogP contribution in [0.1, 0.15) is 23.5 Å².